The average Bonchev–Trinajstić information content (AvgIpc) is 2.95. The zero-order chi connectivity index (χ0) is 12.0. The van der Waals surface area contributed by atoms with Crippen molar-refractivity contribution in [2.75, 3.05) is 20.3 Å². The molecule has 0 aromatic heterocycles. The molecule has 3 unspecified atom stereocenters. The predicted molar refractivity (Wildman–Crippen MR) is 66.8 cm³/mol. The highest BCUT2D eigenvalue weighted by Gasteiger charge is 2.33. The topological polar surface area (TPSA) is 33.8 Å². The van der Waals surface area contributed by atoms with E-state index in [1.807, 2.05) is 7.05 Å². The Bertz CT molecular complexity index is 198. The summed E-state index contributed by atoms with van der Waals surface area (Å²) in [6.07, 6.45) is 5.60. The Balaban J connectivity index is 1.99. The van der Waals surface area contributed by atoms with Crippen LogP contribution in [-0.4, -0.2) is 38.0 Å². The lowest BCUT2D eigenvalue weighted by Gasteiger charge is -2.28. The fourth-order valence-electron chi connectivity index (χ4n) is 2.04. The van der Waals surface area contributed by atoms with Crippen LogP contribution in [0, 0.1) is 0 Å². The van der Waals surface area contributed by atoms with Crippen LogP contribution >= 0.6 is 0 Å². The van der Waals surface area contributed by atoms with Gasteiger partial charge in [0.2, 0.25) is 0 Å². The van der Waals surface area contributed by atoms with Crippen molar-refractivity contribution >= 4 is 0 Å². The lowest BCUT2D eigenvalue weighted by Crippen LogP contribution is -2.44. The molecule has 0 aromatic carbocycles. The standard InChI is InChI=1S/C13H27NO2/c1-5-8-13(3,14-4)10-15-9-6-7-12-11(2)16-12/h11-12,14H,5-10H2,1-4H3. The zero-order valence-corrected chi connectivity index (χ0v) is 11.2. The smallest absolute Gasteiger partial charge is 0.0839 e. The van der Waals surface area contributed by atoms with Crippen LogP contribution in [0.15, 0.2) is 0 Å². The third kappa shape index (κ3) is 4.81. The summed E-state index contributed by atoms with van der Waals surface area (Å²) in [5, 5.41) is 3.35. The molecule has 1 saturated heterocycles. The maximum Gasteiger partial charge on any atom is 0.0839 e. The predicted octanol–water partition coefficient (Wildman–Crippen LogP) is 2.35. The Morgan fingerprint density at radius 3 is 2.62 bits per heavy atom. The molecule has 3 nitrogen and oxygen atoms in total. The molecule has 3 atom stereocenters. The second-order valence-corrected chi connectivity index (χ2v) is 5.14. The monoisotopic (exact) mass is 229 g/mol. The Morgan fingerprint density at radius 2 is 2.12 bits per heavy atom. The van der Waals surface area contributed by atoms with Gasteiger partial charge in [0, 0.05) is 12.1 Å². The molecule has 1 N–H and O–H groups in total. The first kappa shape index (κ1) is 13.9. The highest BCUT2D eigenvalue weighted by molar-refractivity contribution is 4.81. The van der Waals surface area contributed by atoms with Crippen molar-refractivity contribution in [1.29, 1.82) is 0 Å². The van der Waals surface area contributed by atoms with E-state index in [9.17, 15) is 0 Å². The van der Waals surface area contributed by atoms with Gasteiger partial charge >= 0.3 is 0 Å². The van der Waals surface area contributed by atoms with Crippen molar-refractivity contribution in [2.45, 2.75) is 64.2 Å². The minimum Gasteiger partial charge on any atom is -0.380 e. The number of likely N-dealkylation sites (N-methyl/N-ethyl adjacent to an activating group) is 1. The van der Waals surface area contributed by atoms with E-state index < -0.39 is 0 Å². The molecule has 1 aliphatic rings. The average molecular weight is 229 g/mol. The summed E-state index contributed by atoms with van der Waals surface area (Å²) in [6, 6.07) is 0. The van der Waals surface area contributed by atoms with Crippen molar-refractivity contribution < 1.29 is 9.47 Å². The van der Waals surface area contributed by atoms with Crippen LogP contribution in [0.25, 0.3) is 0 Å². The number of hydrogen-bond acceptors (Lipinski definition) is 3. The highest BCUT2D eigenvalue weighted by Crippen LogP contribution is 2.25. The van der Waals surface area contributed by atoms with E-state index in [-0.39, 0.29) is 5.54 Å². The summed E-state index contributed by atoms with van der Waals surface area (Å²) in [5.74, 6) is 0. The molecule has 0 radical (unpaired) electrons. The third-order valence-electron chi connectivity index (χ3n) is 3.44. The van der Waals surface area contributed by atoms with Crippen LogP contribution in [0.5, 0.6) is 0 Å². The first-order valence-corrected chi connectivity index (χ1v) is 6.53. The first-order chi connectivity index (χ1) is 7.61. The molecule has 0 bridgehead atoms. The van der Waals surface area contributed by atoms with Crippen LogP contribution in [0.4, 0.5) is 0 Å². The number of rotatable bonds is 9. The quantitative estimate of drug-likeness (QED) is 0.487. The van der Waals surface area contributed by atoms with Gasteiger partial charge in [-0.05, 0) is 40.2 Å². The minimum absolute atomic E-state index is 0.137. The van der Waals surface area contributed by atoms with Gasteiger partial charge < -0.3 is 14.8 Å². The fraction of sp³-hybridized carbons (Fsp3) is 1.00. The maximum absolute atomic E-state index is 5.74. The number of hydrogen-bond donors (Lipinski definition) is 1. The van der Waals surface area contributed by atoms with E-state index in [1.165, 1.54) is 6.42 Å². The number of nitrogens with one attached hydrogen (secondary N) is 1. The van der Waals surface area contributed by atoms with Crippen LogP contribution < -0.4 is 5.32 Å². The van der Waals surface area contributed by atoms with Gasteiger partial charge in [0.1, 0.15) is 0 Å². The van der Waals surface area contributed by atoms with Crippen molar-refractivity contribution in [3.63, 3.8) is 0 Å². The number of epoxide rings is 1. The Morgan fingerprint density at radius 1 is 1.44 bits per heavy atom. The van der Waals surface area contributed by atoms with Gasteiger partial charge in [-0.25, -0.2) is 0 Å². The second-order valence-electron chi connectivity index (χ2n) is 5.14. The van der Waals surface area contributed by atoms with E-state index in [0.29, 0.717) is 12.2 Å². The van der Waals surface area contributed by atoms with Gasteiger partial charge in [0.15, 0.2) is 0 Å². The molecule has 1 aliphatic heterocycles. The van der Waals surface area contributed by atoms with Crippen molar-refractivity contribution in [2.24, 2.45) is 0 Å². The van der Waals surface area contributed by atoms with E-state index >= 15 is 0 Å². The maximum atomic E-state index is 5.74. The summed E-state index contributed by atoms with van der Waals surface area (Å²) >= 11 is 0. The van der Waals surface area contributed by atoms with E-state index in [0.717, 1.165) is 32.5 Å². The molecule has 0 aromatic rings. The summed E-state index contributed by atoms with van der Waals surface area (Å²) < 4.78 is 11.1. The van der Waals surface area contributed by atoms with Gasteiger partial charge in [0.05, 0.1) is 18.8 Å². The van der Waals surface area contributed by atoms with Gasteiger partial charge in [0.25, 0.3) is 0 Å². The Hall–Kier alpha value is -0.120. The van der Waals surface area contributed by atoms with Crippen molar-refractivity contribution in [3.05, 3.63) is 0 Å². The first-order valence-electron chi connectivity index (χ1n) is 6.53. The SMILES string of the molecule is CCCC(C)(COCCCC1OC1C)NC. The Labute approximate surface area is 99.9 Å². The molecule has 0 saturated carbocycles. The van der Waals surface area contributed by atoms with Gasteiger partial charge in [-0.1, -0.05) is 13.3 Å². The molecule has 3 heteroatoms. The molecular formula is C13H27NO2. The molecule has 1 heterocycles. The van der Waals surface area contributed by atoms with Gasteiger partial charge in [-0.15, -0.1) is 0 Å². The van der Waals surface area contributed by atoms with Crippen molar-refractivity contribution in [1.82, 2.24) is 5.32 Å². The van der Waals surface area contributed by atoms with Crippen LogP contribution in [0.2, 0.25) is 0 Å². The molecule has 1 rings (SSSR count). The molecule has 0 aliphatic carbocycles. The summed E-state index contributed by atoms with van der Waals surface area (Å²) in [4.78, 5) is 0. The lowest BCUT2D eigenvalue weighted by molar-refractivity contribution is 0.0711. The molecule has 16 heavy (non-hydrogen) atoms. The highest BCUT2D eigenvalue weighted by atomic mass is 16.6. The largest absolute Gasteiger partial charge is 0.380 e. The van der Waals surface area contributed by atoms with Crippen LogP contribution in [0.3, 0.4) is 0 Å². The fourth-order valence-corrected chi connectivity index (χ4v) is 2.04. The van der Waals surface area contributed by atoms with Crippen molar-refractivity contribution in [3.8, 4) is 0 Å². The van der Waals surface area contributed by atoms with Crippen LogP contribution in [0.1, 0.15) is 46.5 Å². The van der Waals surface area contributed by atoms with Gasteiger partial charge in [-0.2, -0.15) is 0 Å². The molecule has 0 spiro atoms. The third-order valence-corrected chi connectivity index (χ3v) is 3.44. The molecule has 0 amide bonds. The minimum atomic E-state index is 0.137. The van der Waals surface area contributed by atoms with Crippen LogP contribution in [-0.2, 0) is 9.47 Å². The second kappa shape index (κ2) is 6.58. The summed E-state index contributed by atoms with van der Waals surface area (Å²) in [6.45, 7) is 8.22. The molecule has 96 valence electrons. The lowest BCUT2D eigenvalue weighted by atomic mass is 9.98. The van der Waals surface area contributed by atoms with Gasteiger partial charge in [-0.3, -0.25) is 0 Å². The normalized spacial score (nSPS) is 27.8. The molecule has 1 fully saturated rings. The van der Waals surface area contributed by atoms with E-state index in [4.69, 9.17) is 9.47 Å². The van der Waals surface area contributed by atoms with E-state index in [1.54, 1.807) is 0 Å². The summed E-state index contributed by atoms with van der Waals surface area (Å²) in [5.41, 5.74) is 0.137. The number of ether oxygens (including phenoxy) is 2. The molecular weight excluding hydrogens is 202 g/mol. The zero-order valence-electron chi connectivity index (χ0n) is 11.2. The van der Waals surface area contributed by atoms with E-state index in [2.05, 4.69) is 26.1 Å². The summed E-state index contributed by atoms with van der Waals surface area (Å²) in [7, 11) is 2.01. The Kier molecular flexibility index (Phi) is 5.73.